The molecular formula is C14H10F2N3-. The molecule has 0 aliphatic rings. The third kappa shape index (κ3) is 2.63. The summed E-state index contributed by atoms with van der Waals surface area (Å²) in [6.07, 6.45) is 1.44. The fourth-order valence-electron chi connectivity index (χ4n) is 1.51. The van der Waals surface area contributed by atoms with Crippen LogP contribution in [0, 0.1) is 30.4 Å². The van der Waals surface area contributed by atoms with Crippen LogP contribution in [0.2, 0.25) is 0 Å². The van der Waals surface area contributed by atoms with Crippen LogP contribution in [0.3, 0.4) is 0 Å². The smallest absolute Gasteiger partial charge is 0.141 e. The molecule has 3 N–H and O–H groups in total. The van der Waals surface area contributed by atoms with E-state index in [0.717, 1.165) is 17.7 Å². The highest BCUT2D eigenvalue weighted by Crippen LogP contribution is 2.22. The quantitative estimate of drug-likeness (QED) is 0.736. The SMILES string of the molecule is Cc1cc(N)ncc1C#Cc1c(F)ccc([NH-])c1F. The molecule has 1 aromatic carbocycles. The molecule has 0 bridgehead atoms. The minimum Gasteiger partial charge on any atom is -0.696 e. The van der Waals surface area contributed by atoms with Gasteiger partial charge in [-0.1, -0.05) is 17.9 Å². The summed E-state index contributed by atoms with van der Waals surface area (Å²) in [5.41, 5.74) is 13.3. The lowest BCUT2D eigenvalue weighted by Gasteiger charge is -2.06. The Kier molecular flexibility index (Phi) is 3.34. The average molecular weight is 258 g/mol. The number of anilines is 1. The molecular weight excluding hydrogens is 248 g/mol. The molecule has 5 heteroatoms. The highest BCUT2D eigenvalue weighted by Gasteiger charge is 2.06. The van der Waals surface area contributed by atoms with Crippen molar-refractivity contribution in [2.75, 3.05) is 5.73 Å². The summed E-state index contributed by atoms with van der Waals surface area (Å²) in [4.78, 5) is 3.87. The van der Waals surface area contributed by atoms with Crippen molar-refractivity contribution in [3.63, 3.8) is 0 Å². The number of rotatable bonds is 0. The van der Waals surface area contributed by atoms with Crippen LogP contribution in [-0.4, -0.2) is 4.98 Å². The van der Waals surface area contributed by atoms with Gasteiger partial charge in [-0.3, -0.25) is 0 Å². The van der Waals surface area contributed by atoms with Gasteiger partial charge in [0.05, 0.1) is 5.56 Å². The lowest BCUT2D eigenvalue weighted by Crippen LogP contribution is -1.93. The van der Waals surface area contributed by atoms with Gasteiger partial charge in [0.1, 0.15) is 17.5 Å². The Hall–Kier alpha value is -2.61. The Morgan fingerprint density at radius 3 is 2.68 bits per heavy atom. The highest BCUT2D eigenvalue weighted by atomic mass is 19.1. The minimum atomic E-state index is -0.964. The van der Waals surface area contributed by atoms with E-state index in [1.165, 1.54) is 6.20 Å². The largest absolute Gasteiger partial charge is 0.696 e. The Labute approximate surface area is 109 Å². The third-order valence-corrected chi connectivity index (χ3v) is 2.55. The zero-order chi connectivity index (χ0) is 14.0. The van der Waals surface area contributed by atoms with E-state index >= 15 is 0 Å². The van der Waals surface area contributed by atoms with E-state index in [1.807, 2.05) is 0 Å². The zero-order valence-electron chi connectivity index (χ0n) is 10.1. The number of aromatic nitrogens is 1. The molecule has 1 heterocycles. The summed E-state index contributed by atoms with van der Waals surface area (Å²) in [5, 5.41) is 0. The van der Waals surface area contributed by atoms with Crippen LogP contribution in [0.15, 0.2) is 24.4 Å². The molecule has 2 aromatic rings. The lowest BCUT2D eigenvalue weighted by molar-refractivity contribution is 0.581. The first kappa shape index (κ1) is 12.8. The number of nitrogens with one attached hydrogen (secondary N) is 1. The molecule has 19 heavy (non-hydrogen) atoms. The van der Waals surface area contributed by atoms with Crippen LogP contribution in [0.5, 0.6) is 0 Å². The van der Waals surface area contributed by atoms with Crippen molar-refractivity contribution in [1.29, 1.82) is 0 Å². The van der Waals surface area contributed by atoms with Crippen LogP contribution in [-0.2, 0) is 0 Å². The van der Waals surface area contributed by atoms with Gasteiger partial charge < -0.3 is 11.5 Å². The number of nitrogens with zero attached hydrogens (tertiary/aromatic N) is 1. The van der Waals surface area contributed by atoms with Crippen LogP contribution in [0.4, 0.5) is 20.3 Å². The van der Waals surface area contributed by atoms with Crippen molar-refractivity contribution in [3.05, 3.63) is 58.5 Å². The second-order valence-electron chi connectivity index (χ2n) is 3.96. The molecule has 0 unspecified atom stereocenters. The summed E-state index contributed by atoms with van der Waals surface area (Å²) in [6, 6.07) is 3.69. The zero-order valence-corrected chi connectivity index (χ0v) is 10.1. The summed E-state index contributed by atoms with van der Waals surface area (Å²) in [6.45, 7) is 1.77. The van der Waals surface area contributed by atoms with Gasteiger partial charge in [-0.15, -0.1) is 5.69 Å². The summed E-state index contributed by atoms with van der Waals surface area (Å²) in [5.74, 6) is 3.63. The molecule has 3 nitrogen and oxygen atoms in total. The van der Waals surface area contributed by atoms with Gasteiger partial charge in [-0.05, 0) is 24.6 Å². The maximum Gasteiger partial charge on any atom is 0.141 e. The van der Waals surface area contributed by atoms with Crippen LogP contribution in [0.25, 0.3) is 5.73 Å². The van der Waals surface area contributed by atoms with Crippen LogP contribution in [0.1, 0.15) is 16.7 Å². The second kappa shape index (κ2) is 4.94. The lowest BCUT2D eigenvalue weighted by atomic mass is 10.1. The van der Waals surface area contributed by atoms with Crippen molar-refractivity contribution >= 4 is 11.5 Å². The number of benzene rings is 1. The number of nitrogens with two attached hydrogens (primary N) is 1. The van der Waals surface area contributed by atoms with Gasteiger partial charge >= 0.3 is 0 Å². The first-order valence-corrected chi connectivity index (χ1v) is 5.43. The van der Waals surface area contributed by atoms with E-state index in [9.17, 15) is 8.78 Å². The number of halogens is 2. The monoisotopic (exact) mass is 258 g/mol. The molecule has 0 saturated heterocycles. The Bertz CT molecular complexity index is 700. The third-order valence-electron chi connectivity index (χ3n) is 2.55. The van der Waals surface area contributed by atoms with E-state index < -0.39 is 22.9 Å². The van der Waals surface area contributed by atoms with E-state index in [1.54, 1.807) is 13.0 Å². The Balaban J connectivity index is 2.48. The van der Waals surface area contributed by atoms with Crippen LogP contribution < -0.4 is 5.73 Å². The minimum absolute atomic E-state index is 0.355. The van der Waals surface area contributed by atoms with Crippen LogP contribution >= 0.6 is 0 Å². The normalized spacial score (nSPS) is 9.84. The van der Waals surface area contributed by atoms with Gasteiger partial charge in [0.25, 0.3) is 0 Å². The molecule has 0 fully saturated rings. The summed E-state index contributed by atoms with van der Waals surface area (Å²) < 4.78 is 27.0. The van der Waals surface area contributed by atoms with E-state index in [-0.39, 0.29) is 0 Å². The Morgan fingerprint density at radius 1 is 1.26 bits per heavy atom. The number of aryl methyl sites for hydroxylation is 1. The van der Waals surface area contributed by atoms with Gasteiger partial charge in [-0.2, -0.15) is 0 Å². The second-order valence-corrected chi connectivity index (χ2v) is 3.96. The van der Waals surface area contributed by atoms with Gasteiger partial charge in [0, 0.05) is 11.8 Å². The first-order chi connectivity index (χ1) is 8.99. The van der Waals surface area contributed by atoms with Crippen molar-refractivity contribution in [3.8, 4) is 11.8 Å². The molecule has 0 amide bonds. The number of pyridine rings is 1. The van der Waals surface area contributed by atoms with Crippen molar-refractivity contribution in [1.82, 2.24) is 4.98 Å². The maximum absolute atomic E-state index is 13.6. The standard InChI is InChI=1S/C14H10F2N3/c1-8-6-13(18)19-7-9(8)2-3-10-11(15)4-5-12(17)14(10)16/h4-7,17H,1H3,(H2,18,19)/q-1. The first-order valence-electron chi connectivity index (χ1n) is 5.43. The van der Waals surface area contributed by atoms with Crippen molar-refractivity contribution in [2.45, 2.75) is 6.92 Å². The predicted molar refractivity (Wildman–Crippen MR) is 69.7 cm³/mol. The number of hydrogen-bond acceptors (Lipinski definition) is 2. The van der Waals surface area contributed by atoms with Crippen molar-refractivity contribution in [2.24, 2.45) is 0 Å². The average Bonchev–Trinajstić information content (AvgIpc) is 2.36. The molecule has 96 valence electrons. The maximum atomic E-state index is 13.6. The molecule has 0 spiro atoms. The van der Waals surface area contributed by atoms with Gasteiger partial charge in [0.2, 0.25) is 0 Å². The predicted octanol–water partition coefficient (Wildman–Crippen LogP) is 3.33. The number of nitrogen functional groups attached to an aromatic ring is 1. The van der Waals surface area contributed by atoms with E-state index in [2.05, 4.69) is 16.8 Å². The summed E-state index contributed by atoms with van der Waals surface area (Å²) in [7, 11) is 0. The molecule has 2 rings (SSSR count). The summed E-state index contributed by atoms with van der Waals surface area (Å²) >= 11 is 0. The fourth-order valence-corrected chi connectivity index (χ4v) is 1.51. The molecule has 0 atom stereocenters. The highest BCUT2D eigenvalue weighted by molar-refractivity contribution is 5.55. The molecule has 0 aliphatic heterocycles. The molecule has 0 aliphatic carbocycles. The molecule has 1 aromatic heterocycles. The topological polar surface area (TPSA) is 62.7 Å². The number of hydrogen-bond donors (Lipinski definition) is 1. The Morgan fingerprint density at radius 2 is 2.00 bits per heavy atom. The fraction of sp³-hybridized carbons (Fsp3) is 0.0714. The molecule has 0 saturated carbocycles. The van der Waals surface area contributed by atoms with Gasteiger partial charge in [-0.25, -0.2) is 13.8 Å². The molecule has 0 radical (unpaired) electrons. The van der Waals surface area contributed by atoms with Gasteiger partial charge in [0.15, 0.2) is 0 Å². The van der Waals surface area contributed by atoms with E-state index in [4.69, 9.17) is 11.5 Å². The van der Waals surface area contributed by atoms with Crippen molar-refractivity contribution < 1.29 is 8.78 Å². The van der Waals surface area contributed by atoms with E-state index in [0.29, 0.717) is 11.4 Å².